The highest BCUT2D eigenvalue weighted by molar-refractivity contribution is 14.1. The summed E-state index contributed by atoms with van der Waals surface area (Å²) in [6.07, 6.45) is 1.20. The molecule has 0 unspecified atom stereocenters. The van der Waals surface area contributed by atoms with Gasteiger partial charge in [-0.15, -0.1) is 11.3 Å². The first-order valence-electron chi connectivity index (χ1n) is 10.2. The molecule has 8 nitrogen and oxygen atoms in total. The highest BCUT2D eigenvalue weighted by Crippen LogP contribution is 2.35. The Morgan fingerprint density at radius 2 is 1.74 bits per heavy atom. The smallest absolute Gasteiger partial charge is 0.348 e. The maximum absolute atomic E-state index is 13.0. The molecule has 1 aromatic carbocycles. The van der Waals surface area contributed by atoms with Crippen LogP contribution in [0.1, 0.15) is 49.9 Å². The van der Waals surface area contributed by atoms with Gasteiger partial charge in [0.25, 0.3) is 0 Å². The minimum atomic E-state index is -0.633. The first-order valence-corrected chi connectivity index (χ1v) is 12.1. The first-order chi connectivity index (χ1) is 16.2. The van der Waals surface area contributed by atoms with Crippen LogP contribution in [-0.4, -0.2) is 45.2 Å². The summed E-state index contributed by atoms with van der Waals surface area (Å²) < 4.78 is 21.6. The minimum absolute atomic E-state index is 0.110. The van der Waals surface area contributed by atoms with Crippen LogP contribution in [0.15, 0.2) is 17.7 Å². The lowest BCUT2D eigenvalue weighted by Gasteiger charge is -2.10. The Labute approximate surface area is 215 Å². The van der Waals surface area contributed by atoms with Crippen molar-refractivity contribution in [3.8, 4) is 17.6 Å². The zero-order chi connectivity index (χ0) is 25.4. The fourth-order valence-electron chi connectivity index (χ4n) is 3.16. The van der Waals surface area contributed by atoms with Gasteiger partial charge in [-0.3, -0.25) is 4.79 Å². The van der Waals surface area contributed by atoms with Crippen LogP contribution in [-0.2, 0) is 20.7 Å². The number of nitriles is 1. The third-order valence-corrected chi connectivity index (χ3v) is 6.74. The molecule has 10 heteroatoms. The second-order valence-corrected chi connectivity index (χ2v) is 9.07. The standard InChI is InChI=1S/C24H24INO7S/c1-6-32-23(28)20-13(3)22(24(29)33-7-2)34-19(20)11-17(27)15(12-26)8-14-9-16(25)21(31-5)18(10-14)30-4/h8-10H,6-7,11H2,1-5H3/b15-8+. The van der Waals surface area contributed by atoms with Gasteiger partial charge in [-0.05, 0) is 72.7 Å². The summed E-state index contributed by atoms with van der Waals surface area (Å²) in [5.74, 6) is -0.709. The van der Waals surface area contributed by atoms with Crippen LogP contribution in [0.2, 0.25) is 0 Å². The van der Waals surface area contributed by atoms with E-state index in [1.165, 1.54) is 20.3 Å². The molecule has 2 aromatic rings. The molecule has 0 spiro atoms. The quantitative estimate of drug-likeness (QED) is 0.167. The number of hydrogen-bond donors (Lipinski definition) is 0. The van der Waals surface area contributed by atoms with Gasteiger partial charge >= 0.3 is 11.9 Å². The van der Waals surface area contributed by atoms with E-state index in [-0.39, 0.29) is 35.6 Å². The molecule has 0 aliphatic rings. The van der Waals surface area contributed by atoms with Crippen molar-refractivity contribution in [1.29, 1.82) is 5.26 Å². The van der Waals surface area contributed by atoms with Gasteiger partial charge in [0.2, 0.25) is 0 Å². The number of Topliss-reactive ketones (excluding diaryl/α,β-unsaturated/α-hetero) is 1. The molecular formula is C24H24INO7S. The number of hydrogen-bond acceptors (Lipinski definition) is 9. The average molecular weight is 597 g/mol. The molecule has 0 N–H and O–H groups in total. The number of halogens is 1. The van der Waals surface area contributed by atoms with Crippen LogP contribution in [0.3, 0.4) is 0 Å². The van der Waals surface area contributed by atoms with Gasteiger partial charge in [0.05, 0.1) is 42.1 Å². The van der Waals surface area contributed by atoms with Crippen molar-refractivity contribution in [1.82, 2.24) is 0 Å². The Balaban J connectivity index is 2.47. The number of carbonyl (C=O) groups excluding carboxylic acids is 3. The van der Waals surface area contributed by atoms with Gasteiger partial charge in [-0.25, -0.2) is 9.59 Å². The zero-order valence-corrected chi connectivity index (χ0v) is 22.4. The number of allylic oxidation sites excluding steroid dienone is 1. The monoisotopic (exact) mass is 597 g/mol. The zero-order valence-electron chi connectivity index (χ0n) is 19.4. The lowest BCUT2D eigenvalue weighted by Crippen LogP contribution is -2.12. The normalized spacial score (nSPS) is 10.9. The predicted molar refractivity (Wildman–Crippen MR) is 136 cm³/mol. The number of benzene rings is 1. The average Bonchev–Trinajstić information content (AvgIpc) is 3.12. The number of carbonyl (C=O) groups is 3. The molecule has 180 valence electrons. The lowest BCUT2D eigenvalue weighted by molar-refractivity contribution is -0.114. The molecule has 34 heavy (non-hydrogen) atoms. The van der Waals surface area contributed by atoms with Crippen molar-refractivity contribution in [3.05, 3.63) is 47.7 Å². The fraction of sp³-hybridized carbons (Fsp3) is 0.333. The molecule has 0 bridgehead atoms. The van der Waals surface area contributed by atoms with E-state index in [1.54, 1.807) is 32.9 Å². The van der Waals surface area contributed by atoms with E-state index in [4.69, 9.17) is 18.9 Å². The van der Waals surface area contributed by atoms with Crippen molar-refractivity contribution in [3.63, 3.8) is 0 Å². The minimum Gasteiger partial charge on any atom is -0.493 e. The molecule has 0 fully saturated rings. The van der Waals surface area contributed by atoms with Gasteiger partial charge in [-0.1, -0.05) is 0 Å². The summed E-state index contributed by atoms with van der Waals surface area (Å²) in [5, 5.41) is 9.65. The molecule has 1 aromatic heterocycles. The van der Waals surface area contributed by atoms with E-state index < -0.39 is 17.7 Å². The second kappa shape index (κ2) is 12.5. The number of esters is 2. The fourth-order valence-corrected chi connectivity index (χ4v) is 5.19. The van der Waals surface area contributed by atoms with Crippen LogP contribution in [0.5, 0.6) is 11.5 Å². The van der Waals surface area contributed by atoms with E-state index in [2.05, 4.69) is 22.6 Å². The van der Waals surface area contributed by atoms with Gasteiger partial charge in [-0.2, -0.15) is 5.26 Å². The Hall–Kier alpha value is -2.91. The first kappa shape index (κ1) is 27.3. The van der Waals surface area contributed by atoms with Crippen LogP contribution < -0.4 is 9.47 Å². The Morgan fingerprint density at radius 1 is 1.09 bits per heavy atom. The van der Waals surface area contributed by atoms with Gasteiger partial charge < -0.3 is 18.9 Å². The molecule has 0 saturated heterocycles. The van der Waals surface area contributed by atoms with E-state index >= 15 is 0 Å². The number of rotatable bonds is 10. The summed E-state index contributed by atoms with van der Waals surface area (Å²) in [6.45, 7) is 5.26. The molecule has 0 aliphatic carbocycles. The van der Waals surface area contributed by atoms with E-state index in [0.29, 0.717) is 27.5 Å². The summed E-state index contributed by atoms with van der Waals surface area (Å²) in [7, 11) is 3.02. The van der Waals surface area contributed by atoms with Gasteiger partial charge in [0.15, 0.2) is 17.3 Å². The third kappa shape index (κ3) is 6.15. The highest BCUT2D eigenvalue weighted by atomic mass is 127. The summed E-state index contributed by atoms with van der Waals surface area (Å²) in [5.41, 5.74) is 1.01. The van der Waals surface area contributed by atoms with Crippen molar-refractivity contribution < 1.29 is 33.3 Å². The summed E-state index contributed by atoms with van der Waals surface area (Å²) in [4.78, 5) is 38.5. The maximum atomic E-state index is 13.0. The molecular weight excluding hydrogens is 573 g/mol. The van der Waals surface area contributed by atoms with Crippen molar-refractivity contribution >= 4 is 57.7 Å². The van der Waals surface area contributed by atoms with Gasteiger partial charge in [0.1, 0.15) is 10.9 Å². The molecule has 0 radical (unpaired) electrons. The third-order valence-electron chi connectivity index (χ3n) is 4.67. The number of nitrogens with zero attached hydrogens (tertiary/aromatic N) is 1. The Morgan fingerprint density at radius 3 is 2.29 bits per heavy atom. The molecule has 0 amide bonds. The second-order valence-electron chi connectivity index (χ2n) is 6.80. The Kier molecular flexibility index (Phi) is 10.1. The number of ketones is 1. The van der Waals surface area contributed by atoms with Crippen molar-refractivity contribution in [2.45, 2.75) is 27.2 Å². The highest BCUT2D eigenvalue weighted by Gasteiger charge is 2.28. The number of methoxy groups -OCH3 is 2. The maximum Gasteiger partial charge on any atom is 0.348 e. The molecule has 0 saturated carbocycles. The number of thiophene rings is 1. The lowest BCUT2D eigenvalue weighted by atomic mass is 10.0. The molecule has 0 aliphatic heterocycles. The van der Waals surface area contributed by atoms with Crippen LogP contribution in [0.4, 0.5) is 0 Å². The van der Waals surface area contributed by atoms with Crippen LogP contribution in [0, 0.1) is 21.8 Å². The van der Waals surface area contributed by atoms with Crippen LogP contribution in [0.25, 0.3) is 6.08 Å². The predicted octanol–water partition coefficient (Wildman–Crippen LogP) is 4.75. The molecule has 0 atom stereocenters. The van der Waals surface area contributed by atoms with E-state index in [1.807, 2.05) is 6.07 Å². The van der Waals surface area contributed by atoms with E-state index in [9.17, 15) is 19.6 Å². The molecule has 2 rings (SSSR count). The number of ether oxygens (including phenoxy) is 4. The summed E-state index contributed by atoms with van der Waals surface area (Å²) >= 11 is 3.07. The van der Waals surface area contributed by atoms with Crippen molar-refractivity contribution in [2.75, 3.05) is 27.4 Å². The topological polar surface area (TPSA) is 112 Å². The van der Waals surface area contributed by atoms with Crippen molar-refractivity contribution in [2.24, 2.45) is 0 Å². The largest absolute Gasteiger partial charge is 0.493 e. The SMILES string of the molecule is CCOC(=O)c1sc(CC(=O)/C(C#N)=C/c2cc(I)c(OC)c(OC)c2)c(C(=O)OCC)c1C. The van der Waals surface area contributed by atoms with E-state index in [0.717, 1.165) is 14.9 Å². The van der Waals surface area contributed by atoms with Gasteiger partial charge in [0, 0.05) is 11.3 Å². The molecule has 1 heterocycles. The Bertz CT molecular complexity index is 1180. The van der Waals surface area contributed by atoms with Crippen LogP contribution >= 0.6 is 33.9 Å². The summed E-state index contributed by atoms with van der Waals surface area (Å²) in [6, 6.07) is 5.34.